The summed E-state index contributed by atoms with van der Waals surface area (Å²) >= 11 is 0. The minimum absolute atomic E-state index is 0.571. The van der Waals surface area contributed by atoms with E-state index in [0.29, 0.717) is 13.1 Å². The van der Waals surface area contributed by atoms with Crippen molar-refractivity contribution in [3.8, 4) is 0 Å². The van der Waals surface area contributed by atoms with Gasteiger partial charge >= 0.3 is 11.8 Å². The lowest BCUT2D eigenvalue weighted by Gasteiger charge is -2.17. The largest absolute Gasteiger partial charge is 0.361 e. The lowest BCUT2D eigenvalue weighted by molar-refractivity contribution is -0.144. The molecule has 0 spiro atoms. The Morgan fingerprint density at radius 1 is 1.25 bits per heavy atom. The molecule has 5 heteroatoms. The highest BCUT2D eigenvalue weighted by molar-refractivity contribution is 6.34. The number of carbonyl (C=O) groups excluding carboxylic acids is 2. The number of rotatable bonds is 0. The molecule has 1 saturated heterocycles. The van der Waals surface area contributed by atoms with Crippen LogP contribution in [0, 0.1) is 0 Å². The first-order valence-corrected chi connectivity index (χ1v) is 4.01. The minimum Gasteiger partial charge on any atom is -0.361 e. The van der Waals surface area contributed by atoms with Crippen LogP contribution in [-0.2, 0) is 9.59 Å². The summed E-state index contributed by atoms with van der Waals surface area (Å²) in [6, 6.07) is 0. The van der Waals surface area contributed by atoms with Crippen LogP contribution in [0.25, 0.3) is 0 Å². The first kappa shape index (κ1) is 8.99. The van der Waals surface area contributed by atoms with Gasteiger partial charge in [-0.3, -0.25) is 9.59 Å². The third kappa shape index (κ3) is 2.20. The van der Waals surface area contributed by atoms with Gasteiger partial charge in [-0.25, -0.2) is 0 Å². The van der Waals surface area contributed by atoms with Crippen LogP contribution < -0.4 is 11.1 Å². The highest BCUT2D eigenvalue weighted by Crippen LogP contribution is 1.95. The van der Waals surface area contributed by atoms with Crippen molar-refractivity contribution in [2.24, 2.45) is 5.73 Å². The summed E-state index contributed by atoms with van der Waals surface area (Å²) in [7, 11) is 0. The van der Waals surface area contributed by atoms with Crippen LogP contribution in [0.4, 0.5) is 0 Å². The van der Waals surface area contributed by atoms with E-state index < -0.39 is 11.8 Å². The van der Waals surface area contributed by atoms with Crippen molar-refractivity contribution in [2.45, 2.75) is 6.42 Å². The van der Waals surface area contributed by atoms with Crippen LogP contribution >= 0.6 is 0 Å². The Bertz CT molecular complexity index is 185. The second-order valence-electron chi connectivity index (χ2n) is 2.76. The summed E-state index contributed by atoms with van der Waals surface area (Å²) < 4.78 is 0. The smallest absolute Gasteiger partial charge is 0.311 e. The molecule has 2 amide bonds. The summed E-state index contributed by atoms with van der Waals surface area (Å²) in [5.74, 6) is -1.43. The Labute approximate surface area is 70.9 Å². The van der Waals surface area contributed by atoms with Gasteiger partial charge in [0.1, 0.15) is 0 Å². The maximum absolute atomic E-state index is 11.1. The summed E-state index contributed by atoms with van der Waals surface area (Å²) in [6.07, 6.45) is 0.874. The fourth-order valence-electron chi connectivity index (χ4n) is 1.20. The molecule has 0 unspecified atom stereocenters. The molecule has 12 heavy (non-hydrogen) atoms. The van der Waals surface area contributed by atoms with Crippen molar-refractivity contribution in [2.75, 3.05) is 26.2 Å². The maximum Gasteiger partial charge on any atom is 0.311 e. The fraction of sp³-hybridized carbons (Fsp3) is 0.714. The zero-order valence-electron chi connectivity index (χ0n) is 6.88. The highest BCUT2D eigenvalue weighted by atomic mass is 16.2. The van der Waals surface area contributed by atoms with E-state index in [0.717, 1.165) is 19.5 Å². The maximum atomic E-state index is 11.1. The van der Waals surface area contributed by atoms with Crippen molar-refractivity contribution in [3.05, 3.63) is 0 Å². The Hall–Kier alpha value is -1.10. The van der Waals surface area contributed by atoms with Crippen LogP contribution in [0.1, 0.15) is 6.42 Å². The van der Waals surface area contributed by atoms with Gasteiger partial charge in [-0.05, 0) is 13.0 Å². The van der Waals surface area contributed by atoms with Crippen molar-refractivity contribution in [3.63, 3.8) is 0 Å². The molecule has 0 aromatic carbocycles. The third-order valence-electron chi connectivity index (χ3n) is 1.84. The van der Waals surface area contributed by atoms with E-state index in [9.17, 15) is 9.59 Å². The average Bonchev–Trinajstić information content (AvgIpc) is 2.30. The molecule has 0 bridgehead atoms. The van der Waals surface area contributed by atoms with Crippen molar-refractivity contribution < 1.29 is 9.59 Å². The first-order valence-electron chi connectivity index (χ1n) is 4.01. The van der Waals surface area contributed by atoms with Crippen molar-refractivity contribution in [1.29, 1.82) is 0 Å². The van der Waals surface area contributed by atoms with Crippen LogP contribution in [0.3, 0.4) is 0 Å². The van der Waals surface area contributed by atoms with E-state index in [1.54, 1.807) is 0 Å². The van der Waals surface area contributed by atoms with E-state index in [2.05, 4.69) is 5.32 Å². The SMILES string of the molecule is NC(=O)C(=O)N1CCCNCC1. The fourth-order valence-corrected chi connectivity index (χ4v) is 1.20. The second-order valence-corrected chi connectivity index (χ2v) is 2.76. The van der Waals surface area contributed by atoms with E-state index >= 15 is 0 Å². The molecule has 5 nitrogen and oxygen atoms in total. The Morgan fingerprint density at radius 3 is 2.67 bits per heavy atom. The summed E-state index contributed by atoms with van der Waals surface area (Å²) in [5.41, 5.74) is 4.87. The molecule has 0 aromatic heterocycles. The molecule has 0 radical (unpaired) electrons. The van der Waals surface area contributed by atoms with Gasteiger partial charge in [0.15, 0.2) is 0 Å². The monoisotopic (exact) mass is 171 g/mol. The molecule has 68 valence electrons. The van der Waals surface area contributed by atoms with E-state index in [1.807, 2.05) is 0 Å². The standard InChI is InChI=1S/C7H13N3O2/c8-6(11)7(12)10-4-1-2-9-3-5-10/h9H,1-5H2,(H2,8,11). The number of nitrogens with one attached hydrogen (secondary N) is 1. The van der Waals surface area contributed by atoms with E-state index in [1.165, 1.54) is 4.90 Å². The zero-order chi connectivity index (χ0) is 8.97. The summed E-state index contributed by atoms with van der Waals surface area (Å²) in [6.45, 7) is 2.82. The third-order valence-corrected chi connectivity index (χ3v) is 1.84. The van der Waals surface area contributed by atoms with Gasteiger partial charge in [0.25, 0.3) is 0 Å². The van der Waals surface area contributed by atoms with Crippen LogP contribution in [0.5, 0.6) is 0 Å². The number of nitrogens with zero attached hydrogens (tertiary/aromatic N) is 1. The van der Waals surface area contributed by atoms with Crippen molar-refractivity contribution >= 4 is 11.8 Å². The number of amides is 2. The van der Waals surface area contributed by atoms with Gasteiger partial charge in [-0.2, -0.15) is 0 Å². The molecular weight excluding hydrogens is 158 g/mol. The van der Waals surface area contributed by atoms with Gasteiger partial charge in [-0.15, -0.1) is 0 Å². The quantitative estimate of drug-likeness (QED) is 0.426. The van der Waals surface area contributed by atoms with Gasteiger partial charge in [-0.1, -0.05) is 0 Å². The lowest BCUT2D eigenvalue weighted by Crippen LogP contribution is -2.41. The number of primary amides is 1. The average molecular weight is 171 g/mol. The Balaban J connectivity index is 2.48. The van der Waals surface area contributed by atoms with Gasteiger partial charge < -0.3 is 16.0 Å². The number of hydrogen-bond donors (Lipinski definition) is 2. The number of hydrogen-bond acceptors (Lipinski definition) is 3. The first-order chi connectivity index (χ1) is 5.72. The highest BCUT2D eigenvalue weighted by Gasteiger charge is 2.19. The Morgan fingerprint density at radius 2 is 2.00 bits per heavy atom. The number of nitrogens with two attached hydrogens (primary N) is 1. The van der Waals surface area contributed by atoms with Gasteiger partial charge in [0.2, 0.25) is 0 Å². The molecule has 0 aliphatic carbocycles. The lowest BCUT2D eigenvalue weighted by atomic mass is 10.4. The van der Waals surface area contributed by atoms with Crippen LogP contribution in [-0.4, -0.2) is 42.9 Å². The molecule has 1 fully saturated rings. The molecular formula is C7H13N3O2. The predicted octanol–water partition coefficient (Wildman–Crippen LogP) is -1.71. The van der Waals surface area contributed by atoms with Crippen molar-refractivity contribution in [1.82, 2.24) is 10.2 Å². The topological polar surface area (TPSA) is 75.4 Å². The number of carbonyl (C=O) groups is 2. The molecule has 1 aliphatic heterocycles. The summed E-state index contributed by atoms with van der Waals surface area (Å²) in [5, 5.41) is 3.13. The second kappa shape index (κ2) is 4.06. The Kier molecular flexibility index (Phi) is 3.04. The van der Waals surface area contributed by atoms with Gasteiger partial charge in [0, 0.05) is 19.6 Å². The normalized spacial score (nSPS) is 18.5. The van der Waals surface area contributed by atoms with Gasteiger partial charge in [0.05, 0.1) is 0 Å². The molecule has 0 saturated carbocycles. The molecule has 1 rings (SSSR count). The minimum atomic E-state index is -0.864. The predicted molar refractivity (Wildman–Crippen MR) is 43.3 cm³/mol. The molecule has 0 aromatic rings. The van der Waals surface area contributed by atoms with Crippen LogP contribution in [0.15, 0.2) is 0 Å². The van der Waals surface area contributed by atoms with E-state index in [-0.39, 0.29) is 0 Å². The van der Waals surface area contributed by atoms with E-state index in [4.69, 9.17) is 5.73 Å². The molecule has 1 aliphatic rings. The summed E-state index contributed by atoms with van der Waals surface area (Å²) in [4.78, 5) is 23.1. The molecule has 1 heterocycles. The van der Waals surface area contributed by atoms with Crippen LogP contribution in [0.2, 0.25) is 0 Å². The molecule has 3 N–H and O–H groups in total. The zero-order valence-corrected chi connectivity index (χ0v) is 6.88. The molecule has 0 atom stereocenters.